The minimum atomic E-state index is -0.272. The molecule has 0 atom stereocenters. The van der Waals surface area contributed by atoms with E-state index in [0.717, 1.165) is 11.3 Å². The minimum absolute atomic E-state index is 0.272. The number of nitrogens with one attached hydrogen (secondary N) is 1. The highest BCUT2D eigenvalue weighted by Gasteiger charge is 2.11. The van der Waals surface area contributed by atoms with E-state index in [1.54, 1.807) is 28.0 Å². The summed E-state index contributed by atoms with van der Waals surface area (Å²) in [7, 11) is 1.81. The Morgan fingerprint density at radius 2 is 1.85 bits per heavy atom. The number of nitrogens with zero attached hydrogens (tertiary/aromatic N) is 5. The molecule has 1 N–H and O–H groups in total. The molecule has 0 saturated carbocycles. The summed E-state index contributed by atoms with van der Waals surface area (Å²) >= 11 is 0. The fourth-order valence-corrected chi connectivity index (χ4v) is 2.57. The van der Waals surface area contributed by atoms with Gasteiger partial charge in [0.1, 0.15) is 6.33 Å². The maximum atomic E-state index is 12.5. The third-order valence-electron chi connectivity index (χ3n) is 3.82. The number of para-hydroxylation sites is 1. The number of anilines is 1. The minimum Gasteiger partial charge on any atom is -0.321 e. The first kappa shape index (κ1) is 15.8. The van der Waals surface area contributed by atoms with E-state index in [0.29, 0.717) is 17.2 Å². The lowest BCUT2D eigenvalue weighted by molar-refractivity contribution is 0.102. The highest BCUT2D eigenvalue weighted by molar-refractivity contribution is 6.03. The van der Waals surface area contributed by atoms with E-state index in [2.05, 4.69) is 20.5 Å². The standard InChI is InChI=1S/C19H16N6O/c1-24-13-20-18(23-24)14-6-5-7-15(12-14)21-19(26)17-10-11-25(22-17)16-8-3-2-4-9-16/h2-13H,1H3,(H,21,26). The second kappa shape index (κ2) is 6.64. The lowest BCUT2D eigenvalue weighted by Crippen LogP contribution is -2.13. The van der Waals surface area contributed by atoms with Crippen LogP contribution in [-0.4, -0.2) is 30.5 Å². The average molecular weight is 344 g/mol. The number of aromatic nitrogens is 5. The van der Waals surface area contributed by atoms with E-state index in [4.69, 9.17) is 0 Å². The quantitative estimate of drug-likeness (QED) is 0.617. The molecule has 0 unspecified atom stereocenters. The van der Waals surface area contributed by atoms with Gasteiger partial charge in [0.2, 0.25) is 0 Å². The molecule has 26 heavy (non-hydrogen) atoms. The molecular weight excluding hydrogens is 328 g/mol. The maximum absolute atomic E-state index is 12.5. The van der Waals surface area contributed by atoms with E-state index in [-0.39, 0.29) is 5.91 Å². The second-order valence-corrected chi connectivity index (χ2v) is 5.76. The Labute approximate surface area is 149 Å². The number of aryl methyl sites for hydroxylation is 1. The van der Waals surface area contributed by atoms with Gasteiger partial charge < -0.3 is 5.32 Å². The zero-order valence-corrected chi connectivity index (χ0v) is 14.1. The number of amides is 1. The lowest BCUT2D eigenvalue weighted by atomic mass is 10.2. The molecule has 0 bridgehead atoms. The van der Waals surface area contributed by atoms with Gasteiger partial charge in [-0.3, -0.25) is 9.48 Å². The third kappa shape index (κ3) is 3.23. The molecule has 0 spiro atoms. The Morgan fingerprint density at radius 1 is 1.00 bits per heavy atom. The van der Waals surface area contributed by atoms with Gasteiger partial charge in [-0.2, -0.15) is 10.2 Å². The van der Waals surface area contributed by atoms with E-state index in [9.17, 15) is 4.79 Å². The highest BCUT2D eigenvalue weighted by Crippen LogP contribution is 2.19. The Balaban J connectivity index is 1.53. The number of benzene rings is 2. The summed E-state index contributed by atoms with van der Waals surface area (Å²) in [5.74, 6) is 0.336. The summed E-state index contributed by atoms with van der Waals surface area (Å²) in [4.78, 5) is 16.7. The molecule has 2 heterocycles. The Bertz CT molecular complexity index is 1050. The molecule has 0 saturated heterocycles. The van der Waals surface area contributed by atoms with Crippen LogP contribution in [0.15, 0.2) is 73.2 Å². The summed E-state index contributed by atoms with van der Waals surface area (Å²) in [6.45, 7) is 0. The molecule has 2 aromatic carbocycles. The van der Waals surface area contributed by atoms with Crippen molar-refractivity contribution in [2.24, 2.45) is 7.05 Å². The van der Waals surface area contributed by atoms with Crippen LogP contribution in [0.4, 0.5) is 5.69 Å². The van der Waals surface area contributed by atoms with Crippen LogP contribution in [0.25, 0.3) is 17.1 Å². The van der Waals surface area contributed by atoms with E-state index in [1.165, 1.54) is 0 Å². The molecular formula is C19H16N6O. The van der Waals surface area contributed by atoms with Gasteiger partial charge in [0.25, 0.3) is 5.91 Å². The Hall–Kier alpha value is -3.74. The molecule has 7 nitrogen and oxygen atoms in total. The van der Waals surface area contributed by atoms with Crippen molar-refractivity contribution in [1.82, 2.24) is 24.5 Å². The van der Waals surface area contributed by atoms with Crippen molar-refractivity contribution in [2.75, 3.05) is 5.32 Å². The molecule has 4 rings (SSSR count). The fraction of sp³-hybridized carbons (Fsp3) is 0.0526. The Kier molecular flexibility index (Phi) is 4.03. The molecule has 1 amide bonds. The number of carbonyl (C=O) groups is 1. The molecule has 0 aliphatic carbocycles. The van der Waals surface area contributed by atoms with Gasteiger partial charge in [-0.05, 0) is 30.3 Å². The second-order valence-electron chi connectivity index (χ2n) is 5.76. The highest BCUT2D eigenvalue weighted by atomic mass is 16.1. The normalized spacial score (nSPS) is 10.7. The largest absolute Gasteiger partial charge is 0.321 e. The molecule has 0 fully saturated rings. The van der Waals surface area contributed by atoms with Gasteiger partial charge in [-0.1, -0.05) is 30.3 Å². The predicted octanol–water partition coefficient (Wildman–Crippen LogP) is 2.92. The number of carbonyl (C=O) groups excluding carboxylic acids is 1. The van der Waals surface area contributed by atoms with Crippen molar-refractivity contribution in [3.05, 3.63) is 78.9 Å². The van der Waals surface area contributed by atoms with E-state index < -0.39 is 0 Å². The van der Waals surface area contributed by atoms with E-state index in [1.807, 2.05) is 61.6 Å². The molecule has 4 aromatic rings. The van der Waals surface area contributed by atoms with Crippen LogP contribution in [0.3, 0.4) is 0 Å². The first-order valence-electron chi connectivity index (χ1n) is 8.07. The van der Waals surface area contributed by atoms with Crippen LogP contribution in [-0.2, 0) is 7.05 Å². The fourth-order valence-electron chi connectivity index (χ4n) is 2.57. The van der Waals surface area contributed by atoms with Gasteiger partial charge in [0.15, 0.2) is 11.5 Å². The molecule has 0 aliphatic rings. The molecule has 2 aromatic heterocycles. The van der Waals surface area contributed by atoms with Crippen molar-refractivity contribution < 1.29 is 4.79 Å². The summed E-state index contributed by atoms with van der Waals surface area (Å²) in [6.07, 6.45) is 3.40. The zero-order chi connectivity index (χ0) is 17.9. The Morgan fingerprint density at radius 3 is 2.62 bits per heavy atom. The van der Waals surface area contributed by atoms with Gasteiger partial charge in [-0.25, -0.2) is 9.67 Å². The van der Waals surface area contributed by atoms with Crippen molar-refractivity contribution in [3.63, 3.8) is 0 Å². The zero-order valence-electron chi connectivity index (χ0n) is 14.1. The van der Waals surface area contributed by atoms with Crippen molar-refractivity contribution >= 4 is 11.6 Å². The SMILES string of the molecule is Cn1cnc(-c2cccc(NC(=O)c3ccn(-c4ccccc4)n3)c2)n1. The van der Waals surface area contributed by atoms with Crippen LogP contribution in [0, 0.1) is 0 Å². The van der Waals surface area contributed by atoms with E-state index >= 15 is 0 Å². The average Bonchev–Trinajstić information content (AvgIpc) is 3.32. The summed E-state index contributed by atoms with van der Waals surface area (Å²) in [5.41, 5.74) is 2.73. The summed E-state index contributed by atoms with van der Waals surface area (Å²) in [5, 5.41) is 11.5. The first-order valence-corrected chi connectivity index (χ1v) is 8.07. The number of rotatable bonds is 4. The predicted molar refractivity (Wildman–Crippen MR) is 98.0 cm³/mol. The topological polar surface area (TPSA) is 77.6 Å². The van der Waals surface area contributed by atoms with Gasteiger partial charge >= 0.3 is 0 Å². The van der Waals surface area contributed by atoms with Crippen molar-refractivity contribution in [1.29, 1.82) is 0 Å². The monoisotopic (exact) mass is 344 g/mol. The van der Waals surface area contributed by atoms with Gasteiger partial charge in [-0.15, -0.1) is 0 Å². The third-order valence-corrected chi connectivity index (χ3v) is 3.82. The van der Waals surface area contributed by atoms with Crippen LogP contribution >= 0.6 is 0 Å². The smallest absolute Gasteiger partial charge is 0.276 e. The number of hydrogen-bond acceptors (Lipinski definition) is 4. The maximum Gasteiger partial charge on any atom is 0.276 e. The van der Waals surface area contributed by atoms with Gasteiger partial charge in [0.05, 0.1) is 5.69 Å². The molecule has 0 aliphatic heterocycles. The molecule has 128 valence electrons. The first-order chi connectivity index (χ1) is 12.7. The molecule has 0 radical (unpaired) electrons. The number of hydrogen-bond donors (Lipinski definition) is 1. The van der Waals surface area contributed by atoms with Crippen molar-refractivity contribution in [2.45, 2.75) is 0 Å². The van der Waals surface area contributed by atoms with Crippen LogP contribution < -0.4 is 5.32 Å². The summed E-state index contributed by atoms with van der Waals surface area (Å²) < 4.78 is 3.31. The van der Waals surface area contributed by atoms with Crippen molar-refractivity contribution in [3.8, 4) is 17.1 Å². The lowest BCUT2D eigenvalue weighted by Gasteiger charge is -2.05. The summed E-state index contributed by atoms with van der Waals surface area (Å²) in [6, 6.07) is 18.7. The van der Waals surface area contributed by atoms with Crippen LogP contribution in [0.5, 0.6) is 0 Å². The van der Waals surface area contributed by atoms with Gasteiger partial charge in [0, 0.05) is 24.5 Å². The van der Waals surface area contributed by atoms with Crippen LogP contribution in [0.2, 0.25) is 0 Å². The molecule has 7 heteroatoms. The van der Waals surface area contributed by atoms with Crippen LogP contribution in [0.1, 0.15) is 10.5 Å².